The minimum absolute atomic E-state index is 0.245. The first-order chi connectivity index (χ1) is 14.0. The van der Waals surface area contributed by atoms with Crippen LogP contribution in [0.2, 0.25) is 5.02 Å². The van der Waals surface area contributed by atoms with Crippen molar-refractivity contribution in [2.75, 3.05) is 5.32 Å². The highest BCUT2D eigenvalue weighted by molar-refractivity contribution is 6.30. The van der Waals surface area contributed by atoms with Gasteiger partial charge in [0.25, 0.3) is 5.91 Å². The van der Waals surface area contributed by atoms with Crippen LogP contribution in [0.3, 0.4) is 0 Å². The monoisotopic (exact) mass is 400 g/mol. The van der Waals surface area contributed by atoms with E-state index in [0.29, 0.717) is 27.7 Å². The molecule has 0 saturated heterocycles. The van der Waals surface area contributed by atoms with Gasteiger partial charge in [-0.05, 0) is 55.3 Å². The molecule has 0 aliphatic rings. The fraction of sp³-hybridized carbons (Fsp3) is 0.0870. The van der Waals surface area contributed by atoms with Crippen molar-refractivity contribution in [3.05, 3.63) is 88.5 Å². The summed E-state index contributed by atoms with van der Waals surface area (Å²) in [4.78, 5) is 21.4. The van der Waals surface area contributed by atoms with Crippen molar-refractivity contribution in [1.82, 2.24) is 14.5 Å². The Kier molecular flexibility index (Phi) is 5.03. The number of carbonyl (C=O) groups excluding carboxylic acids is 1. The lowest BCUT2D eigenvalue weighted by Gasteiger charge is -2.06. The van der Waals surface area contributed by atoms with E-state index >= 15 is 0 Å². The fourth-order valence-electron chi connectivity index (χ4n) is 2.95. The molecule has 6 heteroatoms. The number of carbonyl (C=O) groups is 1. The molecule has 5 nitrogen and oxygen atoms in total. The van der Waals surface area contributed by atoms with Gasteiger partial charge in [0, 0.05) is 23.3 Å². The van der Waals surface area contributed by atoms with Crippen LogP contribution in [0.1, 0.15) is 27.3 Å². The second kappa shape index (κ2) is 7.78. The molecule has 0 aliphatic carbocycles. The van der Waals surface area contributed by atoms with Crippen molar-refractivity contribution in [1.29, 1.82) is 0 Å². The van der Waals surface area contributed by atoms with Crippen LogP contribution in [0.15, 0.2) is 60.9 Å². The average molecular weight is 401 g/mol. The molecule has 0 spiro atoms. The molecule has 4 aromatic rings. The number of amides is 1. The van der Waals surface area contributed by atoms with Gasteiger partial charge in [0.1, 0.15) is 23.4 Å². The number of nitrogens with zero attached hydrogens (tertiary/aromatic N) is 3. The van der Waals surface area contributed by atoms with Crippen LogP contribution in [0.5, 0.6) is 0 Å². The van der Waals surface area contributed by atoms with E-state index in [1.165, 1.54) is 11.9 Å². The number of halogens is 1. The largest absolute Gasteiger partial charge is 0.324 e. The first-order valence-electron chi connectivity index (χ1n) is 8.97. The number of hydrogen-bond donors (Lipinski definition) is 1. The number of nitrogens with one attached hydrogen (secondary N) is 1. The zero-order valence-electron chi connectivity index (χ0n) is 15.9. The molecule has 0 aliphatic heterocycles. The molecule has 1 amide bonds. The van der Waals surface area contributed by atoms with Gasteiger partial charge >= 0.3 is 0 Å². The summed E-state index contributed by atoms with van der Waals surface area (Å²) < 4.78 is 1.74. The van der Waals surface area contributed by atoms with Crippen LogP contribution < -0.4 is 5.32 Å². The van der Waals surface area contributed by atoms with E-state index in [0.717, 1.165) is 10.9 Å². The van der Waals surface area contributed by atoms with Gasteiger partial charge in [-0.3, -0.25) is 4.79 Å². The van der Waals surface area contributed by atoms with Crippen molar-refractivity contribution in [3.63, 3.8) is 0 Å². The SMILES string of the molecule is Cc1ccc(C#Cc2ncnc3c2cc(C(=O)Nc2ccc(Cl)cc2)n3C)cc1. The molecule has 0 radical (unpaired) electrons. The topological polar surface area (TPSA) is 59.8 Å². The fourth-order valence-corrected chi connectivity index (χ4v) is 3.07. The first-order valence-corrected chi connectivity index (χ1v) is 9.35. The Morgan fingerprint density at radius 3 is 2.48 bits per heavy atom. The molecule has 2 aromatic carbocycles. The summed E-state index contributed by atoms with van der Waals surface area (Å²) in [5.41, 5.74) is 4.44. The Morgan fingerprint density at radius 2 is 1.76 bits per heavy atom. The van der Waals surface area contributed by atoms with Gasteiger partial charge in [0.15, 0.2) is 0 Å². The van der Waals surface area contributed by atoms with Gasteiger partial charge in [-0.2, -0.15) is 0 Å². The van der Waals surface area contributed by atoms with Crippen LogP contribution >= 0.6 is 11.6 Å². The predicted octanol–water partition coefficient (Wildman–Crippen LogP) is 4.58. The summed E-state index contributed by atoms with van der Waals surface area (Å²) in [7, 11) is 1.79. The van der Waals surface area contributed by atoms with Gasteiger partial charge < -0.3 is 9.88 Å². The highest BCUT2D eigenvalue weighted by Crippen LogP contribution is 2.21. The Labute approximate surface area is 173 Å². The van der Waals surface area contributed by atoms with Gasteiger partial charge in [0.2, 0.25) is 0 Å². The maximum Gasteiger partial charge on any atom is 0.272 e. The molecule has 0 saturated carbocycles. The Balaban J connectivity index is 1.68. The highest BCUT2D eigenvalue weighted by Gasteiger charge is 2.16. The van der Waals surface area contributed by atoms with Gasteiger partial charge in [-0.1, -0.05) is 35.2 Å². The number of anilines is 1. The second-order valence-corrected chi connectivity index (χ2v) is 7.06. The van der Waals surface area contributed by atoms with Crippen molar-refractivity contribution in [3.8, 4) is 11.8 Å². The molecular weight excluding hydrogens is 384 g/mol. The molecule has 142 valence electrons. The molecule has 29 heavy (non-hydrogen) atoms. The maximum absolute atomic E-state index is 12.8. The third-order valence-electron chi connectivity index (χ3n) is 4.53. The molecule has 4 rings (SSSR count). The zero-order valence-corrected chi connectivity index (χ0v) is 16.7. The number of rotatable bonds is 2. The number of fused-ring (bicyclic) bond motifs is 1. The molecule has 0 unspecified atom stereocenters. The van der Waals surface area contributed by atoms with Crippen molar-refractivity contribution in [2.45, 2.75) is 6.92 Å². The van der Waals surface area contributed by atoms with Crippen LogP contribution in [0.25, 0.3) is 11.0 Å². The standard InChI is InChI=1S/C23H17ClN4O/c1-15-3-5-16(6-4-15)7-12-20-19-13-21(28(2)22(19)26-14-25-20)23(29)27-18-10-8-17(24)9-11-18/h3-6,8-11,13-14H,1-2H3,(H,27,29). The molecule has 2 aromatic heterocycles. The quantitative estimate of drug-likeness (QED) is 0.501. The van der Waals surface area contributed by atoms with E-state index in [1.54, 1.807) is 41.9 Å². The van der Waals surface area contributed by atoms with Crippen LogP contribution in [0, 0.1) is 18.8 Å². The Hall–Kier alpha value is -3.62. The lowest BCUT2D eigenvalue weighted by molar-refractivity contribution is 0.101. The molecule has 2 heterocycles. The first kappa shape index (κ1) is 18.7. The maximum atomic E-state index is 12.8. The van der Waals surface area contributed by atoms with Crippen molar-refractivity contribution in [2.24, 2.45) is 7.05 Å². The molecule has 0 fully saturated rings. The van der Waals surface area contributed by atoms with E-state index in [2.05, 4.69) is 27.1 Å². The minimum atomic E-state index is -0.245. The normalized spacial score (nSPS) is 10.4. The summed E-state index contributed by atoms with van der Waals surface area (Å²) in [5.74, 6) is 5.97. The Morgan fingerprint density at radius 1 is 1.03 bits per heavy atom. The summed E-state index contributed by atoms with van der Waals surface area (Å²) in [6.07, 6.45) is 1.46. The smallest absolute Gasteiger partial charge is 0.272 e. The third kappa shape index (κ3) is 3.98. The van der Waals surface area contributed by atoms with Gasteiger partial charge in [-0.25, -0.2) is 9.97 Å². The van der Waals surface area contributed by atoms with Crippen LogP contribution in [-0.2, 0) is 7.05 Å². The highest BCUT2D eigenvalue weighted by atomic mass is 35.5. The summed E-state index contributed by atoms with van der Waals surface area (Å²) in [5, 5.41) is 4.21. The van der Waals surface area contributed by atoms with Crippen molar-refractivity contribution >= 4 is 34.2 Å². The summed E-state index contributed by atoms with van der Waals surface area (Å²) in [6, 6.07) is 16.7. The van der Waals surface area contributed by atoms with E-state index in [-0.39, 0.29) is 5.91 Å². The van der Waals surface area contributed by atoms with Crippen molar-refractivity contribution < 1.29 is 4.79 Å². The molecule has 1 N–H and O–H groups in total. The van der Waals surface area contributed by atoms with Gasteiger partial charge in [0.05, 0.1) is 5.39 Å². The predicted molar refractivity (Wildman–Crippen MR) is 115 cm³/mol. The zero-order chi connectivity index (χ0) is 20.4. The van der Waals surface area contributed by atoms with Gasteiger partial charge in [-0.15, -0.1) is 0 Å². The number of aromatic nitrogens is 3. The average Bonchev–Trinajstić information content (AvgIpc) is 3.07. The third-order valence-corrected chi connectivity index (χ3v) is 4.79. The number of benzene rings is 2. The second-order valence-electron chi connectivity index (χ2n) is 6.63. The number of hydrogen-bond acceptors (Lipinski definition) is 3. The lowest BCUT2D eigenvalue weighted by Crippen LogP contribution is -2.15. The summed E-state index contributed by atoms with van der Waals surface area (Å²) in [6.45, 7) is 2.03. The lowest BCUT2D eigenvalue weighted by atomic mass is 10.1. The minimum Gasteiger partial charge on any atom is -0.324 e. The van der Waals surface area contributed by atoms with Crippen LogP contribution in [0.4, 0.5) is 5.69 Å². The summed E-state index contributed by atoms with van der Waals surface area (Å²) >= 11 is 5.90. The molecule has 0 atom stereocenters. The molecular formula is C23H17ClN4O. The van der Waals surface area contributed by atoms with E-state index in [1.807, 2.05) is 31.2 Å². The van der Waals surface area contributed by atoms with E-state index in [9.17, 15) is 4.79 Å². The number of aryl methyl sites for hydroxylation is 2. The molecule has 0 bridgehead atoms. The van der Waals surface area contributed by atoms with E-state index < -0.39 is 0 Å². The van der Waals surface area contributed by atoms with Crippen LogP contribution in [-0.4, -0.2) is 20.4 Å². The van der Waals surface area contributed by atoms with E-state index in [4.69, 9.17) is 11.6 Å². The Bertz CT molecular complexity index is 1260.